The van der Waals surface area contributed by atoms with Crippen molar-refractivity contribution in [1.29, 1.82) is 0 Å². The Hall–Kier alpha value is -1.42. The van der Waals surface area contributed by atoms with Crippen LogP contribution in [0.1, 0.15) is 18.4 Å². The quantitative estimate of drug-likeness (QED) is 0.872. The lowest BCUT2D eigenvalue weighted by Crippen LogP contribution is -2.29. The van der Waals surface area contributed by atoms with Crippen LogP contribution in [0, 0.1) is 11.6 Å². The molecular formula is C13H15F2NO. The lowest BCUT2D eigenvalue weighted by Gasteiger charge is -2.19. The van der Waals surface area contributed by atoms with Crippen LogP contribution < -0.4 is 5.32 Å². The van der Waals surface area contributed by atoms with Crippen molar-refractivity contribution in [2.45, 2.75) is 25.5 Å². The highest BCUT2D eigenvalue weighted by Crippen LogP contribution is 2.11. The predicted molar refractivity (Wildman–Crippen MR) is 61.3 cm³/mol. The van der Waals surface area contributed by atoms with Gasteiger partial charge in [-0.15, -0.1) is 0 Å². The van der Waals surface area contributed by atoms with Gasteiger partial charge in [-0.2, -0.15) is 0 Å². The summed E-state index contributed by atoms with van der Waals surface area (Å²) in [4.78, 5) is 0. The van der Waals surface area contributed by atoms with Crippen LogP contribution in [0.15, 0.2) is 30.5 Å². The van der Waals surface area contributed by atoms with Gasteiger partial charge in [0.2, 0.25) is 0 Å². The molecule has 0 radical (unpaired) electrons. The standard InChI is InChI=1S/C13H15F2NO/c14-11-5-4-10(13(15)7-11)8-16-9-12-3-1-2-6-17-12/h2,4-7,12,16H,1,3,8-9H2. The number of hydrogen-bond donors (Lipinski definition) is 1. The summed E-state index contributed by atoms with van der Waals surface area (Å²) in [5.41, 5.74) is 0.470. The summed E-state index contributed by atoms with van der Waals surface area (Å²) in [5, 5.41) is 3.11. The van der Waals surface area contributed by atoms with Crippen LogP contribution in [-0.2, 0) is 11.3 Å². The molecule has 4 heteroatoms. The number of benzene rings is 1. The van der Waals surface area contributed by atoms with Gasteiger partial charge in [-0.25, -0.2) is 8.78 Å². The molecule has 1 aliphatic rings. The van der Waals surface area contributed by atoms with Crippen LogP contribution >= 0.6 is 0 Å². The number of allylic oxidation sites excluding steroid dienone is 1. The number of ether oxygens (including phenoxy) is 1. The molecule has 1 atom stereocenters. The van der Waals surface area contributed by atoms with E-state index in [0.717, 1.165) is 18.9 Å². The molecule has 0 spiro atoms. The smallest absolute Gasteiger partial charge is 0.130 e. The Morgan fingerprint density at radius 3 is 2.94 bits per heavy atom. The Labute approximate surface area is 99.3 Å². The predicted octanol–water partition coefficient (Wildman–Crippen LogP) is 2.75. The average Bonchev–Trinajstić information content (AvgIpc) is 2.33. The molecule has 17 heavy (non-hydrogen) atoms. The van der Waals surface area contributed by atoms with E-state index in [1.54, 1.807) is 6.26 Å². The van der Waals surface area contributed by atoms with E-state index in [1.807, 2.05) is 6.08 Å². The van der Waals surface area contributed by atoms with E-state index >= 15 is 0 Å². The number of hydrogen-bond acceptors (Lipinski definition) is 2. The zero-order valence-electron chi connectivity index (χ0n) is 9.46. The van der Waals surface area contributed by atoms with Crippen molar-refractivity contribution in [1.82, 2.24) is 5.32 Å². The fraction of sp³-hybridized carbons (Fsp3) is 0.385. The zero-order valence-corrected chi connectivity index (χ0v) is 9.46. The molecule has 0 saturated heterocycles. The summed E-state index contributed by atoms with van der Waals surface area (Å²) in [7, 11) is 0. The fourth-order valence-corrected chi connectivity index (χ4v) is 1.77. The molecule has 0 fully saturated rings. The van der Waals surface area contributed by atoms with Crippen LogP contribution in [0.2, 0.25) is 0 Å². The van der Waals surface area contributed by atoms with Crippen LogP contribution in [0.25, 0.3) is 0 Å². The van der Waals surface area contributed by atoms with E-state index in [0.29, 0.717) is 18.7 Å². The summed E-state index contributed by atoms with van der Waals surface area (Å²) in [6.07, 6.45) is 5.81. The van der Waals surface area contributed by atoms with Gasteiger partial charge < -0.3 is 10.1 Å². The molecule has 0 saturated carbocycles. The van der Waals surface area contributed by atoms with Crippen molar-refractivity contribution in [2.75, 3.05) is 6.54 Å². The maximum atomic E-state index is 13.3. The van der Waals surface area contributed by atoms with Gasteiger partial charge in [0.1, 0.15) is 17.7 Å². The second kappa shape index (κ2) is 5.77. The Kier molecular flexibility index (Phi) is 4.09. The van der Waals surface area contributed by atoms with Gasteiger partial charge in [-0.05, 0) is 25.0 Å². The van der Waals surface area contributed by atoms with E-state index in [2.05, 4.69) is 5.32 Å². The molecule has 0 aromatic heterocycles. The summed E-state index contributed by atoms with van der Waals surface area (Å²) < 4.78 is 31.3. The van der Waals surface area contributed by atoms with Gasteiger partial charge in [0.05, 0.1) is 6.26 Å². The summed E-state index contributed by atoms with van der Waals surface area (Å²) in [5.74, 6) is -1.06. The summed E-state index contributed by atoms with van der Waals surface area (Å²) in [6.45, 7) is 1.05. The minimum atomic E-state index is -0.549. The van der Waals surface area contributed by atoms with Gasteiger partial charge >= 0.3 is 0 Å². The van der Waals surface area contributed by atoms with Crippen LogP contribution in [-0.4, -0.2) is 12.6 Å². The minimum absolute atomic E-state index is 0.142. The molecule has 1 aromatic carbocycles. The molecule has 0 amide bonds. The van der Waals surface area contributed by atoms with Crippen molar-refractivity contribution < 1.29 is 13.5 Å². The van der Waals surface area contributed by atoms with E-state index < -0.39 is 11.6 Å². The highest BCUT2D eigenvalue weighted by atomic mass is 19.1. The molecule has 2 rings (SSSR count). The Bertz CT molecular complexity index is 406. The molecular weight excluding hydrogens is 224 g/mol. The molecule has 1 aliphatic heterocycles. The van der Waals surface area contributed by atoms with Crippen molar-refractivity contribution in [3.8, 4) is 0 Å². The van der Waals surface area contributed by atoms with E-state index in [9.17, 15) is 8.78 Å². The monoisotopic (exact) mass is 239 g/mol. The molecule has 1 N–H and O–H groups in total. The Morgan fingerprint density at radius 2 is 2.24 bits per heavy atom. The first-order chi connectivity index (χ1) is 8.25. The van der Waals surface area contributed by atoms with Crippen molar-refractivity contribution in [3.05, 3.63) is 47.7 Å². The molecule has 0 bridgehead atoms. The molecule has 92 valence electrons. The number of rotatable bonds is 4. The van der Waals surface area contributed by atoms with Crippen molar-refractivity contribution >= 4 is 0 Å². The third kappa shape index (κ3) is 3.53. The van der Waals surface area contributed by atoms with E-state index in [1.165, 1.54) is 12.1 Å². The normalized spacial score (nSPS) is 19.1. The first kappa shape index (κ1) is 12.0. The maximum absolute atomic E-state index is 13.3. The molecule has 1 aromatic rings. The summed E-state index contributed by atoms with van der Waals surface area (Å²) in [6, 6.07) is 3.62. The number of nitrogens with one attached hydrogen (secondary N) is 1. The van der Waals surface area contributed by atoms with Crippen LogP contribution in [0.3, 0.4) is 0 Å². The van der Waals surface area contributed by atoms with Gasteiger partial charge in [0.25, 0.3) is 0 Å². The van der Waals surface area contributed by atoms with E-state index in [-0.39, 0.29) is 6.10 Å². The lowest BCUT2D eigenvalue weighted by atomic mass is 10.1. The third-order valence-corrected chi connectivity index (χ3v) is 2.73. The molecule has 0 aliphatic carbocycles. The minimum Gasteiger partial charge on any atom is -0.497 e. The molecule has 1 heterocycles. The van der Waals surface area contributed by atoms with Crippen LogP contribution in [0.4, 0.5) is 8.78 Å². The van der Waals surface area contributed by atoms with Crippen molar-refractivity contribution in [2.24, 2.45) is 0 Å². The first-order valence-corrected chi connectivity index (χ1v) is 5.71. The second-order valence-corrected chi connectivity index (χ2v) is 4.07. The van der Waals surface area contributed by atoms with Gasteiger partial charge in [-0.1, -0.05) is 6.07 Å². The largest absolute Gasteiger partial charge is 0.497 e. The lowest BCUT2D eigenvalue weighted by molar-refractivity contribution is 0.122. The molecule has 1 unspecified atom stereocenters. The SMILES string of the molecule is Fc1ccc(CNCC2CCC=CO2)c(F)c1. The van der Waals surface area contributed by atoms with Gasteiger partial charge in [0, 0.05) is 24.7 Å². The van der Waals surface area contributed by atoms with Crippen molar-refractivity contribution in [3.63, 3.8) is 0 Å². The maximum Gasteiger partial charge on any atom is 0.130 e. The Morgan fingerprint density at radius 1 is 1.35 bits per heavy atom. The molecule has 2 nitrogen and oxygen atoms in total. The highest BCUT2D eigenvalue weighted by Gasteiger charge is 2.10. The summed E-state index contributed by atoms with van der Waals surface area (Å²) >= 11 is 0. The fourth-order valence-electron chi connectivity index (χ4n) is 1.77. The topological polar surface area (TPSA) is 21.3 Å². The second-order valence-electron chi connectivity index (χ2n) is 4.07. The van der Waals surface area contributed by atoms with Crippen LogP contribution in [0.5, 0.6) is 0 Å². The zero-order chi connectivity index (χ0) is 12.1. The number of halogens is 2. The third-order valence-electron chi connectivity index (χ3n) is 2.73. The Balaban J connectivity index is 1.79. The van der Waals surface area contributed by atoms with E-state index in [4.69, 9.17) is 4.74 Å². The highest BCUT2D eigenvalue weighted by molar-refractivity contribution is 5.18. The first-order valence-electron chi connectivity index (χ1n) is 5.71. The van der Waals surface area contributed by atoms with Gasteiger partial charge in [0.15, 0.2) is 0 Å². The van der Waals surface area contributed by atoms with Gasteiger partial charge in [-0.3, -0.25) is 0 Å². The average molecular weight is 239 g/mol.